The second-order valence-electron chi connectivity index (χ2n) is 4.40. The van der Waals surface area contributed by atoms with Crippen LogP contribution in [-0.2, 0) is 12.2 Å². The molecule has 1 N–H and O–H groups in total. The Labute approximate surface area is 106 Å². The van der Waals surface area contributed by atoms with Crippen molar-refractivity contribution in [1.29, 1.82) is 0 Å². The first-order valence-electron chi connectivity index (χ1n) is 5.82. The highest BCUT2D eigenvalue weighted by Gasteiger charge is 2.05. The lowest BCUT2D eigenvalue weighted by Crippen LogP contribution is -1.96. The lowest BCUT2D eigenvalue weighted by Gasteiger charge is -1.98. The molecule has 4 heteroatoms. The monoisotopic (exact) mass is 247 g/mol. The molecular weight excluding hydrogens is 230 g/mol. The number of hydrogen-bond acceptors (Lipinski definition) is 3. The van der Waals surface area contributed by atoms with Crippen molar-refractivity contribution in [3.63, 3.8) is 0 Å². The van der Waals surface area contributed by atoms with Gasteiger partial charge >= 0.3 is 0 Å². The third kappa shape index (κ3) is 3.89. The van der Waals surface area contributed by atoms with Crippen molar-refractivity contribution in [3.05, 3.63) is 42.0 Å². The fraction of sp³-hybridized carbons (Fsp3) is 0.385. The maximum absolute atomic E-state index is 4.48. The van der Waals surface area contributed by atoms with Gasteiger partial charge in [-0.1, -0.05) is 32.0 Å². The van der Waals surface area contributed by atoms with Gasteiger partial charge in [-0.25, -0.2) is 4.98 Å². The molecule has 0 radical (unpaired) electrons. The minimum Gasteiger partial charge on any atom is -0.262 e. The van der Waals surface area contributed by atoms with E-state index >= 15 is 0 Å². The molecular formula is C13H17N3S. The zero-order chi connectivity index (χ0) is 12.1. The number of thioether (sulfide) groups is 1. The standard InChI is InChI=1S/C13H17N3S/c1-10(2)8-12-14-13(16-15-12)9-17-11-6-4-3-5-7-11/h3-7,10H,8-9H2,1-2H3,(H,14,15,16). The van der Waals surface area contributed by atoms with Crippen LogP contribution in [0.1, 0.15) is 25.5 Å². The fourth-order valence-electron chi connectivity index (χ4n) is 1.52. The Morgan fingerprint density at radius 1 is 1.24 bits per heavy atom. The first-order chi connectivity index (χ1) is 8.24. The molecule has 0 saturated heterocycles. The molecule has 0 bridgehead atoms. The Morgan fingerprint density at radius 2 is 2.00 bits per heavy atom. The van der Waals surface area contributed by atoms with E-state index in [4.69, 9.17) is 0 Å². The number of hydrogen-bond donors (Lipinski definition) is 1. The van der Waals surface area contributed by atoms with E-state index in [2.05, 4.69) is 41.2 Å². The van der Waals surface area contributed by atoms with E-state index in [9.17, 15) is 0 Å². The second-order valence-corrected chi connectivity index (χ2v) is 5.45. The quantitative estimate of drug-likeness (QED) is 0.824. The van der Waals surface area contributed by atoms with Gasteiger partial charge in [0.1, 0.15) is 5.82 Å². The van der Waals surface area contributed by atoms with E-state index in [1.807, 2.05) is 18.2 Å². The minimum atomic E-state index is 0.598. The summed E-state index contributed by atoms with van der Waals surface area (Å²) in [4.78, 5) is 5.74. The van der Waals surface area contributed by atoms with Gasteiger partial charge in [0.2, 0.25) is 0 Å². The Morgan fingerprint density at radius 3 is 2.71 bits per heavy atom. The van der Waals surface area contributed by atoms with Crippen molar-refractivity contribution in [1.82, 2.24) is 15.2 Å². The minimum absolute atomic E-state index is 0.598. The molecule has 0 aliphatic carbocycles. The van der Waals surface area contributed by atoms with Crippen molar-refractivity contribution < 1.29 is 0 Å². The Balaban J connectivity index is 1.89. The first kappa shape index (κ1) is 12.2. The van der Waals surface area contributed by atoms with E-state index in [0.29, 0.717) is 5.92 Å². The van der Waals surface area contributed by atoms with Crippen LogP contribution >= 0.6 is 11.8 Å². The van der Waals surface area contributed by atoms with Gasteiger partial charge in [0.15, 0.2) is 5.82 Å². The highest BCUT2D eigenvalue weighted by Crippen LogP contribution is 2.20. The Hall–Kier alpha value is -1.29. The van der Waals surface area contributed by atoms with Crippen molar-refractivity contribution in [2.45, 2.75) is 30.9 Å². The van der Waals surface area contributed by atoms with Gasteiger partial charge < -0.3 is 0 Å². The van der Waals surface area contributed by atoms with Crippen LogP contribution < -0.4 is 0 Å². The lowest BCUT2D eigenvalue weighted by atomic mass is 10.1. The zero-order valence-electron chi connectivity index (χ0n) is 10.2. The van der Waals surface area contributed by atoms with E-state index in [0.717, 1.165) is 23.8 Å². The van der Waals surface area contributed by atoms with Crippen LogP contribution in [0.3, 0.4) is 0 Å². The number of rotatable bonds is 5. The highest BCUT2D eigenvalue weighted by molar-refractivity contribution is 7.98. The van der Waals surface area contributed by atoms with Crippen molar-refractivity contribution >= 4 is 11.8 Å². The summed E-state index contributed by atoms with van der Waals surface area (Å²) >= 11 is 1.77. The number of nitrogens with one attached hydrogen (secondary N) is 1. The van der Waals surface area contributed by atoms with Crippen LogP contribution in [0.5, 0.6) is 0 Å². The lowest BCUT2D eigenvalue weighted by molar-refractivity contribution is 0.622. The van der Waals surface area contributed by atoms with Gasteiger partial charge in [-0.05, 0) is 18.1 Å². The predicted molar refractivity (Wildman–Crippen MR) is 70.9 cm³/mol. The molecule has 0 amide bonds. The summed E-state index contributed by atoms with van der Waals surface area (Å²) in [5.41, 5.74) is 0. The second kappa shape index (κ2) is 5.87. The maximum Gasteiger partial charge on any atom is 0.150 e. The summed E-state index contributed by atoms with van der Waals surface area (Å²) in [6.07, 6.45) is 0.937. The predicted octanol–water partition coefficient (Wildman–Crippen LogP) is 3.30. The van der Waals surface area contributed by atoms with Gasteiger partial charge in [-0.2, -0.15) is 5.10 Å². The van der Waals surface area contributed by atoms with Gasteiger partial charge in [-0.3, -0.25) is 5.10 Å². The third-order valence-electron chi connectivity index (χ3n) is 2.29. The van der Waals surface area contributed by atoms with Crippen LogP contribution in [0, 0.1) is 5.92 Å². The summed E-state index contributed by atoms with van der Waals surface area (Å²) in [6.45, 7) is 4.35. The van der Waals surface area contributed by atoms with Crippen LogP contribution in [0.4, 0.5) is 0 Å². The molecule has 1 aromatic heterocycles. The van der Waals surface area contributed by atoms with E-state index in [-0.39, 0.29) is 0 Å². The number of aromatic nitrogens is 3. The number of benzene rings is 1. The first-order valence-corrected chi connectivity index (χ1v) is 6.80. The van der Waals surface area contributed by atoms with Crippen molar-refractivity contribution in [2.75, 3.05) is 0 Å². The summed E-state index contributed by atoms with van der Waals surface area (Å²) < 4.78 is 0. The van der Waals surface area contributed by atoms with Gasteiger partial charge in [0.25, 0.3) is 0 Å². The molecule has 2 rings (SSSR count). The van der Waals surface area contributed by atoms with Gasteiger partial charge in [0.05, 0.1) is 5.75 Å². The molecule has 1 heterocycles. The molecule has 0 unspecified atom stereocenters. The van der Waals surface area contributed by atoms with Crippen molar-refractivity contribution in [2.24, 2.45) is 5.92 Å². The van der Waals surface area contributed by atoms with Crippen LogP contribution in [-0.4, -0.2) is 15.2 Å². The van der Waals surface area contributed by atoms with E-state index in [1.54, 1.807) is 11.8 Å². The van der Waals surface area contributed by atoms with E-state index in [1.165, 1.54) is 4.90 Å². The molecule has 17 heavy (non-hydrogen) atoms. The topological polar surface area (TPSA) is 41.6 Å². The number of H-pyrrole nitrogens is 1. The smallest absolute Gasteiger partial charge is 0.150 e. The molecule has 0 fully saturated rings. The average molecular weight is 247 g/mol. The number of aromatic amines is 1. The zero-order valence-corrected chi connectivity index (χ0v) is 11.0. The molecule has 90 valence electrons. The summed E-state index contributed by atoms with van der Waals surface area (Å²) in [6, 6.07) is 10.3. The Bertz CT molecular complexity index is 451. The van der Waals surface area contributed by atoms with Crippen LogP contribution in [0.15, 0.2) is 35.2 Å². The maximum atomic E-state index is 4.48. The molecule has 2 aromatic rings. The molecule has 0 aliphatic rings. The van der Waals surface area contributed by atoms with Gasteiger partial charge in [0, 0.05) is 11.3 Å². The summed E-state index contributed by atoms with van der Waals surface area (Å²) in [7, 11) is 0. The van der Waals surface area contributed by atoms with Gasteiger partial charge in [-0.15, -0.1) is 11.8 Å². The molecule has 0 spiro atoms. The SMILES string of the molecule is CC(C)Cc1n[nH]c(CSc2ccccc2)n1. The molecule has 0 saturated carbocycles. The van der Waals surface area contributed by atoms with Crippen LogP contribution in [0.2, 0.25) is 0 Å². The fourth-order valence-corrected chi connectivity index (χ4v) is 2.31. The molecule has 3 nitrogen and oxygen atoms in total. The molecule has 0 aliphatic heterocycles. The summed E-state index contributed by atoms with van der Waals surface area (Å²) in [5.74, 6) is 3.31. The average Bonchev–Trinajstić information content (AvgIpc) is 2.75. The summed E-state index contributed by atoms with van der Waals surface area (Å²) in [5, 5.41) is 7.22. The van der Waals surface area contributed by atoms with Crippen molar-refractivity contribution in [3.8, 4) is 0 Å². The third-order valence-corrected chi connectivity index (χ3v) is 3.31. The molecule has 1 aromatic carbocycles. The van der Waals surface area contributed by atoms with Crippen LogP contribution in [0.25, 0.3) is 0 Å². The largest absolute Gasteiger partial charge is 0.262 e. The normalized spacial score (nSPS) is 11.0. The molecule has 0 atom stereocenters. The Kier molecular flexibility index (Phi) is 4.20. The number of nitrogens with zero attached hydrogens (tertiary/aromatic N) is 2. The van der Waals surface area contributed by atoms with E-state index < -0.39 is 0 Å². The highest BCUT2D eigenvalue weighted by atomic mass is 32.2.